The summed E-state index contributed by atoms with van der Waals surface area (Å²) >= 11 is 1.27. The number of nitrogens with zero attached hydrogens (tertiary/aromatic N) is 4. The quantitative estimate of drug-likeness (QED) is 0.303. The van der Waals surface area contributed by atoms with Gasteiger partial charge in [-0.25, -0.2) is 9.07 Å². The van der Waals surface area contributed by atoms with Crippen molar-refractivity contribution in [2.75, 3.05) is 5.32 Å². The second-order valence-corrected chi connectivity index (χ2v) is 9.78. The molecule has 5 aromatic rings. The predicted molar refractivity (Wildman–Crippen MR) is 140 cm³/mol. The molecule has 6 nitrogen and oxygen atoms in total. The van der Waals surface area contributed by atoms with E-state index < -0.39 is 11.2 Å². The monoisotopic (exact) mass is 495 g/mol. The number of amides is 1. The minimum atomic E-state index is -0.829. The summed E-state index contributed by atoms with van der Waals surface area (Å²) < 4.78 is 15.4. The Bertz CT molecular complexity index is 1590. The van der Waals surface area contributed by atoms with Gasteiger partial charge in [-0.2, -0.15) is 5.10 Å². The zero-order chi connectivity index (χ0) is 25.3. The molecule has 0 spiro atoms. The first-order chi connectivity index (χ1) is 17.4. The molecule has 5 rings (SSSR count). The van der Waals surface area contributed by atoms with Crippen LogP contribution in [0.15, 0.2) is 78.4 Å². The maximum absolute atomic E-state index is 13.7. The standard InChI is InChI=1S/C28H22FN5OS/c1-4-18-15-22(29)11-13-23(18)34-24-12-10-20(14-21(24)16-31-34)25(19-8-6-5-7-9-19)28(2,3)26(35)32-27-33-30-17-36-27/h1,5-17,25H,2-3H3,(H,32,33,35)/t25-/m0/s1. The molecule has 0 saturated heterocycles. The van der Waals surface area contributed by atoms with Gasteiger partial charge in [-0.1, -0.05) is 67.5 Å². The first-order valence-electron chi connectivity index (χ1n) is 11.3. The van der Waals surface area contributed by atoms with Crippen molar-refractivity contribution in [2.24, 2.45) is 5.41 Å². The zero-order valence-corrected chi connectivity index (χ0v) is 20.5. The normalized spacial score (nSPS) is 12.3. The van der Waals surface area contributed by atoms with Crippen molar-refractivity contribution in [3.05, 3.63) is 101 Å². The maximum Gasteiger partial charge on any atom is 0.232 e. The van der Waals surface area contributed by atoms with E-state index in [9.17, 15) is 9.18 Å². The molecule has 0 aliphatic rings. The smallest absolute Gasteiger partial charge is 0.232 e. The second-order valence-electron chi connectivity index (χ2n) is 8.94. The lowest BCUT2D eigenvalue weighted by molar-refractivity contribution is -0.124. The van der Waals surface area contributed by atoms with E-state index >= 15 is 0 Å². The number of fused-ring (bicyclic) bond motifs is 1. The summed E-state index contributed by atoms with van der Waals surface area (Å²) in [4.78, 5) is 13.4. The summed E-state index contributed by atoms with van der Waals surface area (Å²) in [6, 6.07) is 20.2. The van der Waals surface area contributed by atoms with E-state index in [4.69, 9.17) is 6.42 Å². The highest BCUT2D eigenvalue weighted by atomic mass is 32.1. The largest absolute Gasteiger partial charge is 0.300 e. The van der Waals surface area contributed by atoms with Crippen molar-refractivity contribution in [1.29, 1.82) is 0 Å². The molecule has 1 N–H and O–H groups in total. The first-order valence-corrected chi connectivity index (χ1v) is 12.1. The molecule has 0 aliphatic carbocycles. The Morgan fingerprint density at radius 3 is 2.64 bits per heavy atom. The van der Waals surface area contributed by atoms with E-state index in [0.29, 0.717) is 16.4 Å². The van der Waals surface area contributed by atoms with Crippen molar-refractivity contribution in [1.82, 2.24) is 20.0 Å². The molecule has 8 heteroatoms. The first kappa shape index (κ1) is 23.4. The van der Waals surface area contributed by atoms with Gasteiger partial charge in [0.15, 0.2) is 0 Å². The van der Waals surface area contributed by atoms with E-state index in [1.54, 1.807) is 22.5 Å². The van der Waals surface area contributed by atoms with Gasteiger partial charge in [-0.3, -0.25) is 4.79 Å². The number of terminal acetylenes is 1. The van der Waals surface area contributed by atoms with E-state index in [1.165, 1.54) is 23.5 Å². The van der Waals surface area contributed by atoms with Crippen LogP contribution >= 0.6 is 11.3 Å². The van der Waals surface area contributed by atoms with E-state index in [1.807, 2.05) is 62.4 Å². The lowest BCUT2D eigenvalue weighted by Gasteiger charge is -2.33. The van der Waals surface area contributed by atoms with Crippen molar-refractivity contribution in [2.45, 2.75) is 19.8 Å². The molecule has 0 bridgehead atoms. The van der Waals surface area contributed by atoms with Crippen molar-refractivity contribution >= 4 is 33.3 Å². The van der Waals surface area contributed by atoms with Crippen LogP contribution in [0.3, 0.4) is 0 Å². The summed E-state index contributed by atoms with van der Waals surface area (Å²) in [5.41, 5.74) is 4.58. The molecular formula is C28H22FN5OS. The van der Waals surface area contributed by atoms with Crippen molar-refractivity contribution in [3.8, 4) is 18.0 Å². The van der Waals surface area contributed by atoms with Gasteiger partial charge in [0.1, 0.15) is 11.3 Å². The minimum Gasteiger partial charge on any atom is -0.300 e. The molecule has 0 unspecified atom stereocenters. The lowest BCUT2D eigenvalue weighted by atomic mass is 9.70. The number of anilines is 1. The summed E-state index contributed by atoms with van der Waals surface area (Å²) in [6.07, 6.45) is 7.37. The van der Waals surface area contributed by atoms with Crippen molar-refractivity contribution < 1.29 is 9.18 Å². The van der Waals surface area contributed by atoms with Crippen LogP contribution in [0.2, 0.25) is 0 Å². The number of aromatic nitrogens is 4. The van der Waals surface area contributed by atoms with Gasteiger partial charge in [-0.05, 0) is 41.5 Å². The van der Waals surface area contributed by atoms with Crippen LogP contribution in [-0.2, 0) is 4.79 Å². The number of rotatable bonds is 6. The van der Waals surface area contributed by atoms with Gasteiger partial charge in [0.2, 0.25) is 11.0 Å². The SMILES string of the molecule is C#Cc1cc(F)ccc1-n1ncc2cc([C@H](c3ccccc3)C(C)(C)C(=O)Nc3nncs3)ccc21. The molecule has 0 fully saturated rings. The second kappa shape index (κ2) is 9.36. The van der Waals surface area contributed by atoms with E-state index in [-0.39, 0.29) is 11.8 Å². The average Bonchev–Trinajstić information content (AvgIpc) is 3.54. The molecule has 1 amide bonds. The van der Waals surface area contributed by atoms with Gasteiger partial charge in [0, 0.05) is 11.3 Å². The molecule has 2 heterocycles. The fourth-order valence-electron chi connectivity index (χ4n) is 4.52. The van der Waals surface area contributed by atoms with E-state index in [2.05, 4.69) is 26.5 Å². The highest BCUT2D eigenvalue weighted by molar-refractivity contribution is 7.13. The van der Waals surface area contributed by atoms with Gasteiger partial charge >= 0.3 is 0 Å². The topological polar surface area (TPSA) is 72.7 Å². The van der Waals surface area contributed by atoms with Crippen LogP contribution in [-0.4, -0.2) is 25.9 Å². The Hall–Kier alpha value is -4.35. The Morgan fingerprint density at radius 2 is 1.92 bits per heavy atom. The maximum atomic E-state index is 13.7. The third kappa shape index (κ3) is 4.25. The molecule has 36 heavy (non-hydrogen) atoms. The molecule has 1 atom stereocenters. The number of hydrogen-bond acceptors (Lipinski definition) is 5. The lowest BCUT2D eigenvalue weighted by Crippen LogP contribution is -2.37. The molecule has 0 aliphatic heterocycles. The molecular weight excluding hydrogens is 473 g/mol. The van der Waals surface area contributed by atoms with Gasteiger partial charge in [0.25, 0.3) is 0 Å². The summed E-state index contributed by atoms with van der Waals surface area (Å²) in [5.74, 6) is 1.72. The van der Waals surface area contributed by atoms with Crippen LogP contribution in [0.1, 0.15) is 36.5 Å². The number of carbonyl (C=O) groups is 1. The molecule has 0 saturated carbocycles. The number of carbonyl (C=O) groups excluding carboxylic acids is 1. The number of halogens is 1. The van der Waals surface area contributed by atoms with Crippen LogP contribution < -0.4 is 5.32 Å². The minimum absolute atomic E-state index is 0.158. The van der Waals surface area contributed by atoms with Crippen LogP contribution in [0.4, 0.5) is 9.52 Å². The summed E-state index contributed by atoms with van der Waals surface area (Å²) in [5, 5.41) is 16.5. The fourth-order valence-corrected chi connectivity index (χ4v) is 4.96. The molecule has 0 radical (unpaired) electrons. The molecule has 3 aromatic carbocycles. The highest BCUT2D eigenvalue weighted by Crippen LogP contribution is 2.42. The Morgan fingerprint density at radius 1 is 1.11 bits per heavy atom. The summed E-state index contributed by atoms with van der Waals surface area (Å²) in [7, 11) is 0. The third-order valence-corrected chi connectivity index (χ3v) is 6.89. The fraction of sp³-hybridized carbons (Fsp3) is 0.143. The van der Waals surface area contributed by atoms with Crippen LogP contribution in [0.25, 0.3) is 16.6 Å². The average molecular weight is 496 g/mol. The third-order valence-electron chi connectivity index (χ3n) is 6.29. The number of nitrogens with one attached hydrogen (secondary N) is 1. The predicted octanol–water partition coefficient (Wildman–Crippen LogP) is 5.79. The number of benzene rings is 3. The molecule has 2 aromatic heterocycles. The zero-order valence-electron chi connectivity index (χ0n) is 19.6. The van der Waals surface area contributed by atoms with Crippen LogP contribution in [0, 0.1) is 23.6 Å². The Kier molecular flexibility index (Phi) is 6.08. The highest BCUT2D eigenvalue weighted by Gasteiger charge is 2.39. The number of hydrogen-bond donors (Lipinski definition) is 1. The Labute approximate surface area is 211 Å². The Balaban J connectivity index is 1.59. The molecule has 178 valence electrons. The van der Waals surface area contributed by atoms with Gasteiger partial charge in [-0.15, -0.1) is 16.6 Å². The van der Waals surface area contributed by atoms with Crippen LogP contribution in [0.5, 0.6) is 0 Å². The summed E-state index contributed by atoms with van der Waals surface area (Å²) in [6.45, 7) is 3.85. The van der Waals surface area contributed by atoms with Crippen molar-refractivity contribution in [3.63, 3.8) is 0 Å². The van der Waals surface area contributed by atoms with Gasteiger partial charge < -0.3 is 5.32 Å². The van der Waals surface area contributed by atoms with Gasteiger partial charge in [0.05, 0.1) is 28.4 Å². The van der Waals surface area contributed by atoms with E-state index in [0.717, 1.165) is 22.0 Å².